The van der Waals surface area contributed by atoms with Crippen molar-refractivity contribution in [1.82, 2.24) is 15.0 Å². The van der Waals surface area contributed by atoms with Gasteiger partial charge in [-0.3, -0.25) is 0 Å². The van der Waals surface area contributed by atoms with Crippen LogP contribution in [0.1, 0.15) is 6.42 Å². The molecule has 5 heteroatoms. The first kappa shape index (κ1) is 7.87. The third-order valence-electron chi connectivity index (χ3n) is 1.11. The molecule has 0 aliphatic heterocycles. The summed E-state index contributed by atoms with van der Waals surface area (Å²) in [5.41, 5.74) is 0. The van der Waals surface area contributed by atoms with E-state index in [9.17, 15) is 0 Å². The minimum absolute atomic E-state index is 0.179. The lowest BCUT2D eigenvalue weighted by atomic mass is 10.4. The predicted octanol–water partition coefficient (Wildman–Crippen LogP) is -0.334. The van der Waals surface area contributed by atoms with Crippen LogP contribution in [0.2, 0.25) is 0 Å². The fourth-order valence-electron chi connectivity index (χ4n) is 0.610. The Morgan fingerprint density at radius 2 is 2.09 bits per heavy atom. The molecule has 11 heavy (non-hydrogen) atoms. The number of aromatic nitrogens is 3. The number of aliphatic hydroxyl groups is 1. The molecule has 0 aliphatic carbocycles. The van der Waals surface area contributed by atoms with Crippen molar-refractivity contribution in [2.75, 3.05) is 18.5 Å². The summed E-state index contributed by atoms with van der Waals surface area (Å²) in [7, 11) is 0. The minimum Gasteiger partial charge on any atom is -0.396 e. The standard InChI is InChI=1S/C6H10N4O/c11-3-1-2-8-6-9-4-7-5-10-6/h4-5,11H,1-3H2,(H,7,8,9,10). The zero-order valence-electron chi connectivity index (χ0n) is 6.06. The van der Waals surface area contributed by atoms with Crippen LogP contribution in [0.3, 0.4) is 0 Å². The molecule has 0 saturated carbocycles. The Balaban J connectivity index is 2.28. The van der Waals surface area contributed by atoms with Gasteiger partial charge in [0.2, 0.25) is 5.95 Å². The normalized spacial score (nSPS) is 9.55. The fourth-order valence-corrected chi connectivity index (χ4v) is 0.610. The molecule has 2 N–H and O–H groups in total. The molecule has 1 heterocycles. The SMILES string of the molecule is OCCCNc1ncncn1. The quantitative estimate of drug-likeness (QED) is 0.581. The minimum atomic E-state index is 0.179. The van der Waals surface area contributed by atoms with Crippen LogP contribution in [0.15, 0.2) is 12.7 Å². The molecular weight excluding hydrogens is 144 g/mol. The number of nitrogens with zero attached hydrogens (tertiary/aromatic N) is 3. The van der Waals surface area contributed by atoms with E-state index >= 15 is 0 Å². The van der Waals surface area contributed by atoms with Crippen LogP contribution in [0.4, 0.5) is 5.95 Å². The zero-order valence-corrected chi connectivity index (χ0v) is 6.06. The first-order valence-electron chi connectivity index (χ1n) is 3.40. The van der Waals surface area contributed by atoms with E-state index in [1.807, 2.05) is 0 Å². The molecule has 1 aromatic heterocycles. The summed E-state index contributed by atoms with van der Waals surface area (Å²) in [4.78, 5) is 11.3. The number of anilines is 1. The van der Waals surface area contributed by atoms with Gasteiger partial charge in [-0.15, -0.1) is 0 Å². The van der Waals surface area contributed by atoms with E-state index in [0.717, 1.165) is 0 Å². The summed E-state index contributed by atoms with van der Waals surface area (Å²) < 4.78 is 0. The van der Waals surface area contributed by atoms with Gasteiger partial charge >= 0.3 is 0 Å². The van der Waals surface area contributed by atoms with E-state index in [1.54, 1.807) is 0 Å². The zero-order chi connectivity index (χ0) is 7.94. The second-order valence-electron chi connectivity index (χ2n) is 1.97. The number of hydrogen-bond donors (Lipinski definition) is 2. The molecular formula is C6H10N4O. The van der Waals surface area contributed by atoms with Crippen LogP contribution in [0.25, 0.3) is 0 Å². The second-order valence-corrected chi connectivity index (χ2v) is 1.97. The van der Waals surface area contributed by atoms with Gasteiger partial charge in [0, 0.05) is 13.2 Å². The molecule has 0 amide bonds. The average Bonchev–Trinajstić information content (AvgIpc) is 2.07. The van der Waals surface area contributed by atoms with Gasteiger partial charge in [-0.2, -0.15) is 0 Å². The first-order chi connectivity index (χ1) is 5.43. The van der Waals surface area contributed by atoms with Crippen molar-refractivity contribution in [2.45, 2.75) is 6.42 Å². The van der Waals surface area contributed by atoms with E-state index in [0.29, 0.717) is 18.9 Å². The van der Waals surface area contributed by atoms with E-state index in [1.165, 1.54) is 12.7 Å². The third-order valence-corrected chi connectivity index (χ3v) is 1.11. The number of aliphatic hydroxyl groups excluding tert-OH is 1. The number of hydrogen-bond acceptors (Lipinski definition) is 5. The van der Waals surface area contributed by atoms with Crippen molar-refractivity contribution in [3.05, 3.63) is 12.7 Å². The van der Waals surface area contributed by atoms with Crippen LogP contribution in [0.5, 0.6) is 0 Å². The van der Waals surface area contributed by atoms with E-state index in [2.05, 4.69) is 20.3 Å². The van der Waals surface area contributed by atoms with Crippen molar-refractivity contribution in [3.63, 3.8) is 0 Å². The molecule has 0 aromatic carbocycles. The lowest BCUT2D eigenvalue weighted by molar-refractivity contribution is 0.292. The molecule has 0 aliphatic rings. The van der Waals surface area contributed by atoms with Crippen molar-refractivity contribution < 1.29 is 5.11 Å². The van der Waals surface area contributed by atoms with E-state index in [4.69, 9.17) is 5.11 Å². The van der Waals surface area contributed by atoms with Gasteiger partial charge in [0.25, 0.3) is 0 Å². The molecule has 0 unspecified atom stereocenters. The highest BCUT2D eigenvalue weighted by atomic mass is 16.3. The van der Waals surface area contributed by atoms with Crippen LogP contribution < -0.4 is 5.32 Å². The Labute approximate surface area is 64.5 Å². The summed E-state index contributed by atoms with van der Waals surface area (Å²) in [6.07, 6.45) is 3.55. The lowest BCUT2D eigenvalue weighted by Crippen LogP contribution is -2.06. The average molecular weight is 154 g/mol. The van der Waals surface area contributed by atoms with Crippen LogP contribution in [-0.4, -0.2) is 33.2 Å². The Hall–Kier alpha value is -1.23. The van der Waals surface area contributed by atoms with E-state index < -0.39 is 0 Å². The molecule has 60 valence electrons. The molecule has 0 saturated heterocycles. The lowest BCUT2D eigenvalue weighted by Gasteiger charge is -2.00. The Kier molecular flexibility index (Phi) is 3.27. The van der Waals surface area contributed by atoms with Crippen LogP contribution in [-0.2, 0) is 0 Å². The maximum Gasteiger partial charge on any atom is 0.225 e. The highest BCUT2D eigenvalue weighted by Crippen LogP contribution is 1.90. The molecule has 1 aromatic rings. The maximum atomic E-state index is 8.45. The highest BCUT2D eigenvalue weighted by molar-refractivity contribution is 5.19. The fraction of sp³-hybridized carbons (Fsp3) is 0.500. The Morgan fingerprint density at radius 1 is 1.36 bits per heavy atom. The van der Waals surface area contributed by atoms with Crippen molar-refractivity contribution in [1.29, 1.82) is 0 Å². The molecule has 0 fully saturated rings. The van der Waals surface area contributed by atoms with Gasteiger partial charge in [-0.25, -0.2) is 15.0 Å². The summed E-state index contributed by atoms with van der Waals surface area (Å²) in [5, 5.41) is 11.4. The largest absolute Gasteiger partial charge is 0.396 e. The molecule has 0 atom stereocenters. The number of rotatable bonds is 4. The molecule has 5 nitrogen and oxygen atoms in total. The summed E-state index contributed by atoms with van der Waals surface area (Å²) in [6.45, 7) is 0.860. The number of nitrogens with one attached hydrogen (secondary N) is 1. The maximum absolute atomic E-state index is 8.45. The van der Waals surface area contributed by atoms with Crippen molar-refractivity contribution in [3.8, 4) is 0 Å². The molecule has 0 bridgehead atoms. The second kappa shape index (κ2) is 4.56. The summed E-state index contributed by atoms with van der Waals surface area (Å²) in [5.74, 6) is 0.549. The molecule has 0 radical (unpaired) electrons. The highest BCUT2D eigenvalue weighted by Gasteiger charge is 1.90. The Morgan fingerprint density at radius 3 is 2.73 bits per heavy atom. The van der Waals surface area contributed by atoms with Gasteiger partial charge in [-0.05, 0) is 6.42 Å². The Bertz CT molecular complexity index is 191. The summed E-state index contributed by atoms with van der Waals surface area (Å²) in [6, 6.07) is 0. The monoisotopic (exact) mass is 154 g/mol. The topological polar surface area (TPSA) is 70.9 Å². The van der Waals surface area contributed by atoms with Gasteiger partial charge in [0.15, 0.2) is 0 Å². The van der Waals surface area contributed by atoms with Gasteiger partial charge < -0.3 is 10.4 Å². The first-order valence-corrected chi connectivity index (χ1v) is 3.40. The predicted molar refractivity (Wildman–Crippen MR) is 40.0 cm³/mol. The summed E-state index contributed by atoms with van der Waals surface area (Å²) >= 11 is 0. The smallest absolute Gasteiger partial charge is 0.225 e. The van der Waals surface area contributed by atoms with Gasteiger partial charge in [0.1, 0.15) is 12.7 Å². The molecule has 1 rings (SSSR count). The van der Waals surface area contributed by atoms with Crippen molar-refractivity contribution >= 4 is 5.95 Å². The molecule has 0 spiro atoms. The van der Waals surface area contributed by atoms with Crippen LogP contribution >= 0.6 is 0 Å². The van der Waals surface area contributed by atoms with Gasteiger partial charge in [0.05, 0.1) is 0 Å². The van der Waals surface area contributed by atoms with Crippen LogP contribution in [0, 0.1) is 0 Å². The van der Waals surface area contributed by atoms with Gasteiger partial charge in [-0.1, -0.05) is 0 Å². The van der Waals surface area contributed by atoms with Crippen molar-refractivity contribution in [2.24, 2.45) is 0 Å². The third kappa shape index (κ3) is 2.90. The van der Waals surface area contributed by atoms with E-state index in [-0.39, 0.29) is 6.61 Å².